The maximum atomic E-state index is 12.2. The summed E-state index contributed by atoms with van der Waals surface area (Å²) < 4.78 is 17.6. The standard InChI is InChI=1S/C22H29BN2O6/c1-20(2,3)29-19(28)24-12-14(23-30-21(4,5)22(6,7)31-23)11-13-9-8-10-15-16(13)25-18(27)17(15)26/h8-11H,12H2,1-7H3,(H,24,28)(H,25,26,27). The summed E-state index contributed by atoms with van der Waals surface area (Å²) in [6.45, 7) is 13.2. The summed E-state index contributed by atoms with van der Waals surface area (Å²) in [7, 11) is -0.733. The number of anilines is 1. The molecule has 2 aliphatic heterocycles. The highest BCUT2D eigenvalue weighted by Crippen LogP contribution is 2.39. The number of benzene rings is 1. The number of hydrogen-bond acceptors (Lipinski definition) is 6. The Morgan fingerprint density at radius 2 is 1.77 bits per heavy atom. The van der Waals surface area contributed by atoms with Gasteiger partial charge >= 0.3 is 13.2 Å². The van der Waals surface area contributed by atoms with Gasteiger partial charge in [0.2, 0.25) is 0 Å². The van der Waals surface area contributed by atoms with E-state index in [1.54, 1.807) is 45.0 Å². The number of nitrogens with one attached hydrogen (secondary N) is 2. The van der Waals surface area contributed by atoms with Crippen molar-refractivity contribution in [2.24, 2.45) is 0 Å². The van der Waals surface area contributed by atoms with Crippen molar-refractivity contribution in [2.75, 3.05) is 11.9 Å². The minimum Gasteiger partial charge on any atom is -0.444 e. The number of alkyl carbamates (subject to hydrolysis) is 1. The van der Waals surface area contributed by atoms with Gasteiger partial charge in [0.15, 0.2) is 0 Å². The first-order valence-electron chi connectivity index (χ1n) is 10.2. The Morgan fingerprint density at radius 3 is 2.35 bits per heavy atom. The number of ketones is 1. The smallest absolute Gasteiger partial charge is 0.444 e. The average molecular weight is 428 g/mol. The molecule has 0 radical (unpaired) electrons. The molecule has 0 unspecified atom stereocenters. The number of Topliss-reactive ketones (excluding diaryl/α,β-unsaturated/α-hetero) is 1. The molecule has 0 aromatic heterocycles. The molecule has 1 saturated heterocycles. The largest absolute Gasteiger partial charge is 0.492 e. The van der Waals surface area contributed by atoms with Gasteiger partial charge in [-0.05, 0) is 65.6 Å². The minimum absolute atomic E-state index is 0.0945. The van der Waals surface area contributed by atoms with Crippen LogP contribution in [0.1, 0.15) is 64.4 Å². The molecule has 2 N–H and O–H groups in total. The van der Waals surface area contributed by atoms with Crippen molar-refractivity contribution in [3.8, 4) is 0 Å². The molecule has 31 heavy (non-hydrogen) atoms. The predicted molar refractivity (Wildman–Crippen MR) is 118 cm³/mol. The molecule has 1 fully saturated rings. The van der Waals surface area contributed by atoms with E-state index in [4.69, 9.17) is 14.0 Å². The monoisotopic (exact) mass is 428 g/mol. The quantitative estimate of drug-likeness (QED) is 0.563. The van der Waals surface area contributed by atoms with Gasteiger partial charge in [-0.3, -0.25) is 9.59 Å². The second kappa shape index (κ2) is 7.80. The molecule has 8 nitrogen and oxygen atoms in total. The molecular weight excluding hydrogens is 399 g/mol. The van der Waals surface area contributed by atoms with Gasteiger partial charge in [-0.25, -0.2) is 4.79 Å². The molecule has 2 amide bonds. The summed E-state index contributed by atoms with van der Waals surface area (Å²) in [5.41, 5.74) is 0.190. The van der Waals surface area contributed by atoms with Crippen LogP contribution >= 0.6 is 0 Å². The Labute approximate surface area is 182 Å². The van der Waals surface area contributed by atoms with Gasteiger partial charge in [0, 0.05) is 6.54 Å². The molecule has 0 aliphatic carbocycles. The Hall–Kier alpha value is -2.65. The first kappa shape index (κ1) is 23.0. The highest BCUT2D eigenvalue weighted by molar-refractivity contribution is 6.56. The second-order valence-corrected chi connectivity index (χ2v) is 9.72. The fraction of sp³-hybridized carbons (Fsp3) is 0.500. The van der Waals surface area contributed by atoms with E-state index in [1.807, 2.05) is 27.7 Å². The van der Waals surface area contributed by atoms with Crippen LogP contribution in [0.15, 0.2) is 23.7 Å². The van der Waals surface area contributed by atoms with Gasteiger partial charge in [0.25, 0.3) is 11.7 Å². The van der Waals surface area contributed by atoms with Gasteiger partial charge in [0.05, 0.1) is 22.5 Å². The fourth-order valence-corrected chi connectivity index (χ4v) is 3.20. The van der Waals surface area contributed by atoms with Crippen LogP contribution in [-0.2, 0) is 18.8 Å². The Kier molecular flexibility index (Phi) is 5.79. The molecule has 3 rings (SSSR count). The van der Waals surface area contributed by atoms with E-state index in [-0.39, 0.29) is 6.54 Å². The lowest BCUT2D eigenvalue weighted by Crippen LogP contribution is -2.41. The van der Waals surface area contributed by atoms with Crippen LogP contribution in [0.4, 0.5) is 10.5 Å². The van der Waals surface area contributed by atoms with Gasteiger partial charge in [-0.2, -0.15) is 0 Å². The van der Waals surface area contributed by atoms with E-state index < -0.39 is 41.7 Å². The third-order valence-electron chi connectivity index (χ3n) is 5.52. The maximum absolute atomic E-state index is 12.2. The van der Waals surface area contributed by atoms with Crippen molar-refractivity contribution < 1.29 is 28.4 Å². The van der Waals surface area contributed by atoms with Gasteiger partial charge < -0.3 is 24.7 Å². The molecular formula is C22H29BN2O6. The second-order valence-electron chi connectivity index (χ2n) is 9.72. The molecule has 0 atom stereocenters. The molecule has 2 heterocycles. The highest BCUT2D eigenvalue weighted by atomic mass is 16.7. The van der Waals surface area contributed by atoms with Crippen molar-refractivity contribution in [3.05, 3.63) is 34.8 Å². The zero-order valence-electron chi connectivity index (χ0n) is 19.0. The first-order valence-corrected chi connectivity index (χ1v) is 10.2. The Morgan fingerprint density at radius 1 is 1.16 bits per heavy atom. The molecule has 0 bridgehead atoms. The van der Waals surface area contributed by atoms with E-state index >= 15 is 0 Å². The number of hydrogen-bond donors (Lipinski definition) is 2. The molecule has 0 spiro atoms. The van der Waals surface area contributed by atoms with Gasteiger partial charge in [0.1, 0.15) is 5.60 Å². The van der Waals surface area contributed by atoms with Crippen molar-refractivity contribution in [2.45, 2.75) is 65.3 Å². The van der Waals surface area contributed by atoms with E-state index in [1.165, 1.54) is 0 Å². The number of carbonyl (C=O) groups excluding carboxylic acids is 3. The minimum atomic E-state index is -0.733. The first-order chi connectivity index (χ1) is 14.2. The van der Waals surface area contributed by atoms with Crippen molar-refractivity contribution in [1.29, 1.82) is 0 Å². The summed E-state index contributed by atoms with van der Waals surface area (Å²) in [6, 6.07) is 5.07. The molecule has 1 aromatic carbocycles. The lowest BCUT2D eigenvalue weighted by molar-refractivity contribution is -0.112. The van der Waals surface area contributed by atoms with Crippen LogP contribution < -0.4 is 10.6 Å². The van der Waals surface area contributed by atoms with Crippen LogP contribution in [0.5, 0.6) is 0 Å². The Balaban J connectivity index is 1.93. The maximum Gasteiger partial charge on any atom is 0.492 e. The number of para-hydroxylation sites is 1. The lowest BCUT2D eigenvalue weighted by atomic mass is 9.76. The number of fused-ring (bicyclic) bond motifs is 1. The average Bonchev–Trinajstić information content (AvgIpc) is 3.03. The zero-order chi connectivity index (χ0) is 23.2. The summed E-state index contributed by atoms with van der Waals surface area (Å²) in [5, 5.41) is 5.35. The SMILES string of the molecule is CC(C)(C)OC(=O)NCC(=Cc1cccc2c1NC(=O)C2=O)B1OC(C)(C)C(C)(C)O1. The molecule has 1 aromatic rings. The number of rotatable bonds is 4. The van der Waals surface area contributed by atoms with E-state index in [9.17, 15) is 14.4 Å². The van der Waals surface area contributed by atoms with Crippen LogP contribution in [0.25, 0.3) is 6.08 Å². The van der Waals surface area contributed by atoms with Crippen LogP contribution in [-0.4, -0.2) is 48.2 Å². The van der Waals surface area contributed by atoms with Crippen LogP contribution in [0.2, 0.25) is 0 Å². The van der Waals surface area contributed by atoms with E-state index in [0.717, 1.165) is 0 Å². The number of ether oxygens (including phenoxy) is 1. The molecule has 2 aliphatic rings. The lowest BCUT2D eigenvalue weighted by Gasteiger charge is -2.32. The number of amides is 2. The number of carbonyl (C=O) groups is 3. The summed E-state index contributed by atoms with van der Waals surface area (Å²) >= 11 is 0. The van der Waals surface area contributed by atoms with Gasteiger partial charge in [-0.1, -0.05) is 18.2 Å². The summed E-state index contributed by atoms with van der Waals surface area (Å²) in [5.74, 6) is -1.24. The van der Waals surface area contributed by atoms with Crippen molar-refractivity contribution in [1.82, 2.24) is 5.32 Å². The molecule has 0 saturated carbocycles. The summed E-state index contributed by atoms with van der Waals surface area (Å²) in [6.07, 6.45) is 1.19. The van der Waals surface area contributed by atoms with E-state index in [0.29, 0.717) is 22.3 Å². The fourth-order valence-electron chi connectivity index (χ4n) is 3.20. The van der Waals surface area contributed by atoms with Gasteiger partial charge in [-0.15, -0.1) is 0 Å². The van der Waals surface area contributed by atoms with Crippen LogP contribution in [0, 0.1) is 0 Å². The van der Waals surface area contributed by atoms with Crippen LogP contribution in [0.3, 0.4) is 0 Å². The highest BCUT2D eigenvalue weighted by Gasteiger charge is 2.52. The zero-order valence-corrected chi connectivity index (χ0v) is 19.0. The topological polar surface area (TPSA) is 103 Å². The predicted octanol–water partition coefficient (Wildman–Crippen LogP) is 3.36. The summed E-state index contributed by atoms with van der Waals surface area (Å²) in [4.78, 5) is 36.1. The molecule has 166 valence electrons. The Bertz CT molecular complexity index is 945. The third-order valence-corrected chi connectivity index (χ3v) is 5.52. The molecule has 9 heteroatoms. The third kappa shape index (κ3) is 4.83. The van der Waals surface area contributed by atoms with Crippen molar-refractivity contribution >= 4 is 36.7 Å². The normalized spacial score (nSPS) is 19.8. The van der Waals surface area contributed by atoms with E-state index in [2.05, 4.69) is 10.6 Å². The van der Waals surface area contributed by atoms with Crippen molar-refractivity contribution in [3.63, 3.8) is 0 Å².